The van der Waals surface area contributed by atoms with Gasteiger partial charge in [-0.3, -0.25) is 9.69 Å². The summed E-state index contributed by atoms with van der Waals surface area (Å²) in [5.74, 6) is 0.696. The van der Waals surface area contributed by atoms with Crippen LogP contribution in [-0.4, -0.2) is 61.6 Å². The molecule has 1 amide bonds. The predicted octanol–water partition coefficient (Wildman–Crippen LogP) is 3.85. The summed E-state index contributed by atoms with van der Waals surface area (Å²) in [5, 5.41) is 3.83. The highest BCUT2D eigenvalue weighted by Gasteiger charge is 2.24. The number of rotatable bonds is 7. The van der Waals surface area contributed by atoms with Crippen LogP contribution in [0, 0.1) is 0 Å². The van der Waals surface area contributed by atoms with E-state index in [0.29, 0.717) is 12.1 Å². The third kappa shape index (κ3) is 6.20. The van der Waals surface area contributed by atoms with Crippen LogP contribution in [0.25, 0.3) is 0 Å². The minimum Gasteiger partial charge on any atom is -0.491 e. The lowest BCUT2D eigenvalue weighted by Gasteiger charge is -2.38. The zero-order valence-corrected chi connectivity index (χ0v) is 18.2. The van der Waals surface area contributed by atoms with E-state index in [1.54, 1.807) is 12.1 Å². The Balaban J connectivity index is 1.67. The maximum absolute atomic E-state index is 12.7. The quantitative estimate of drug-likeness (QED) is 0.746. The molecule has 1 aliphatic heterocycles. The van der Waals surface area contributed by atoms with E-state index < -0.39 is 0 Å². The zero-order chi connectivity index (χ0) is 20.8. The minimum atomic E-state index is -0.0748. The summed E-state index contributed by atoms with van der Waals surface area (Å²) in [4.78, 5) is 17.5. The van der Waals surface area contributed by atoms with Gasteiger partial charge in [-0.2, -0.15) is 0 Å². The van der Waals surface area contributed by atoms with Gasteiger partial charge in [-0.15, -0.1) is 0 Å². The minimum absolute atomic E-state index is 0.0748. The average Bonchev–Trinajstić information content (AvgIpc) is 2.70. The van der Waals surface area contributed by atoms with Crippen LogP contribution < -0.4 is 10.1 Å². The van der Waals surface area contributed by atoms with Crippen molar-refractivity contribution >= 4 is 17.5 Å². The third-order valence-corrected chi connectivity index (χ3v) is 5.43. The number of amides is 1. The second-order valence-electron chi connectivity index (χ2n) is 7.81. The lowest BCUT2D eigenvalue weighted by atomic mass is 10.0. The molecule has 29 heavy (non-hydrogen) atoms. The van der Waals surface area contributed by atoms with Crippen LogP contribution in [0.1, 0.15) is 35.8 Å². The Kier molecular flexibility index (Phi) is 7.53. The number of nitrogens with one attached hydrogen (secondary N) is 1. The molecule has 1 fully saturated rings. The number of piperazine rings is 1. The van der Waals surface area contributed by atoms with Gasteiger partial charge < -0.3 is 15.0 Å². The van der Waals surface area contributed by atoms with E-state index in [2.05, 4.69) is 34.3 Å². The normalized spacial score (nSPS) is 16.6. The Morgan fingerprint density at radius 2 is 1.66 bits per heavy atom. The third-order valence-electron chi connectivity index (χ3n) is 5.18. The standard InChI is InChI=1S/C23H30ClN3O2/c1-17(2)29-21-10-6-19(7-11-21)23(28)25-16-22(18-4-8-20(24)9-5-18)27-14-12-26(3)13-15-27/h4-11,17,22H,12-16H2,1-3H3,(H,25,28)/t22-/m1/s1. The molecule has 1 N–H and O–H groups in total. The van der Waals surface area contributed by atoms with Gasteiger partial charge in [-0.05, 0) is 62.9 Å². The maximum atomic E-state index is 12.7. The number of ether oxygens (including phenoxy) is 1. The van der Waals surface area contributed by atoms with Crippen LogP contribution in [0.3, 0.4) is 0 Å². The van der Waals surface area contributed by atoms with Gasteiger partial charge in [0.25, 0.3) is 5.91 Å². The molecule has 6 heteroatoms. The van der Waals surface area contributed by atoms with Gasteiger partial charge in [0.15, 0.2) is 0 Å². The first-order valence-corrected chi connectivity index (χ1v) is 10.5. The number of hydrogen-bond donors (Lipinski definition) is 1. The monoisotopic (exact) mass is 415 g/mol. The van der Waals surface area contributed by atoms with Crippen LogP contribution in [0.15, 0.2) is 48.5 Å². The number of carbonyl (C=O) groups is 1. The van der Waals surface area contributed by atoms with Gasteiger partial charge in [0.1, 0.15) is 5.75 Å². The number of carbonyl (C=O) groups excluding carboxylic acids is 1. The molecule has 0 aliphatic carbocycles. The van der Waals surface area contributed by atoms with Gasteiger partial charge in [0, 0.05) is 43.3 Å². The number of nitrogens with zero attached hydrogens (tertiary/aromatic N) is 2. The number of likely N-dealkylation sites (N-methyl/N-ethyl adjacent to an activating group) is 1. The lowest BCUT2D eigenvalue weighted by Crippen LogP contribution is -2.48. The van der Waals surface area contributed by atoms with E-state index in [1.165, 1.54) is 5.56 Å². The van der Waals surface area contributed by atoms with Crippen molar-refractivity contribution in [3.05, 3.63) is 64.7 Å². The van der Waals surface area contributed by atoms with Gasteiger partial charge >= 0.3 is 0 Å². The topological polar surface area (TPSA) is 44.8 Å². The SMILES string of the molecule is CC(C)Oc1ccc(C(=O)NC[C@H](c2ccc(Cl)cc2)N2CCN(C)CC2)cc1. The van der Waals surface area contributed by atoms with E-state index in [1.807, 2.05) is 38.1 Å². The van der Waals surface area contributed by atoms with E-state index in [4.69, 9.17) is 16.3 Å². The predicted molar refractivity (Wildman–Crippen MR) is 118 cm³/mol. The summed E-state index contributed by atoms with van der Waals surface area (Å²) in [6.07, 6.45) is 0.110. The van der Waals surface area contributed by atoms with Crippen molar-refractivity contribution in [2.75, 3.05) is 39.8 Å². The fraction of sp³-hybridized carbons (Fsp3) is 0.435. The average molecular weight is 416 g/mol. The number of halogens is 1. The highest BCUT2D eigenvalue weighted by atomic mass is 35.5. The molecular weight excluding hydrogens is 386 g/mol. The molecule has 0 unspecified atom stereocenters. The molecule has 1 saturated heterocycles. The second-order valence-corrected chi connectivity index (χ2v) is 8.24. The molecular formula is C23H30ClN3O2. The molecule has 0 bridgehead atoms. The molecule has 0 radical (unpaired) electrons. The van der Waals surface area contributed by atoms with Crippen LogP contribution in [0.5, 0.6) is 5.75 Å². The first-order valence-electron chi connectivity index (χ1n) is 10.2. The molecule has 2 aromatic rings. The Hall–Kier alpha value is -2.08. The van der Waals surface area contributed by atoms with Crippen molar-refractivity contribution in [3.8, 4) is 5.75 Å². The Morgan fingerprint density at radius 3 is 2.24 bits per heavy atom. The molecule has 0 aromatic heterocycles. The van der Waals surface area contributed by atoms with Crippen molar-refractivity contribution in [1.29, 1.82) is 0 Å². The maximum Gasteiger partial charge on any atom is 0.251 e. The summed E-state index contributed by atoms with van der Waals surface area (Å²) in [5.41, 5.74) is 1.80. The van der Waals surface area contributed by atoms with Crippen molar-refractivity contribution in [1.82, 2.24) is 15.1 Å². The lowest BCUT2D eigenvalue weighted by molar-refractivity contribution is 0.0886. The first kappa shape index (κ1) is 21.6. The van der Waals surface area contributed by atoms with Crippen LogP contribution in [0.4, 0.5) is 0 Å². The van der Waals surface area contributed by atoms with Gasteiger partial charge in [-0.1, -0.05) is 23.7 Å². The molecule has 156 valence electrons. The summed E-state index contributed by atoms with van der Waals surface area (Å²) >= 11 is 6.07. The zero-order valence-electron chi connectivity index (χ0n) is 17.4. The Labute approximate surface area is 178 Å². The van der Waals surface area contributed by atoms with E-state index in [0.717, 1.165) is 37.0 Å². The van der Waals surface area contributed by atoms with E-state index in [-0.39, 0.29) is 18.1 Å². The number of hydrogen-bond acceptors (Lipinski definition) is 4. The molecule has 2 aromatic carbocycles. The fourth-order valence-electron chi connectivity index (χ4n) is 3.52. The number of benzene rings is 2. The van der Waals surface area contributed by atoms with Crippen LogP contribution in [0.2, 0.25) is 5.02 Å². The largest absolute Gasteiger partial charge is 0.491 e. The van der Waals surface area contributed by atoms with E-state index in [9.17, 15) is 4.79 Å². The Morgan fingerprint density at radius 1 is 1.03 bits per heavy atom. The Bertz CT molecular complexity index is 785. The highest BCUT2D eigenvalue weighted by molar-refractivity contribution is 6.30. The van der Waals surface area contributed by atoms with Gasteiger partial charge in [0.05, 0.1) is 12.1 Å². The first-order chi connectivity index (χ1) is 13.9. The van der Waals surface area contributed by atoms with Crippen molar-refractivity contribution < 1.29 is 9.53 Å². The summed E-state index contributed by atoms with van der Waals surface area (Å²) in [6, 6.07) is 15.3. The highest BCUT2D eigenvalue weighted by Crippen LogP contribution is 2.23. The summed E-state index contributed by atoms with van der Waals surface area (Å²) < 4.78 is 5.65. The van der Waals surface area contributed by atoms with Crippen LogP contribution in [-0.2, 0) is 0 Å². The summed E-state index contributed by atoms with van der Waals surface area (Å²) in [7, 11) is 2.14. The van der Waals surface area contributed by atoms with Crippen molar-refractivity contribution in [3.63, 3.8) is 0 Å². The molecule has 5 nitrogen and oxygen atoms in total. The molecule has 0 spiro atoms. The van der Waals surface area contributed by atoms with Gasteiger partial charge in [-0.25, -0.2) is 0 Å². The van der Waals surface area contributed by atoms with Crippen molar-refractivity contribution in [2.24, 2.45) is 0 Å². The van der Waals surface area contributed by atoms with Crippen LogP contribution >= 0.6 is 11.6 Å². The summed E-state index contributed by atoms with van der Waals surface area (Å²) in [6.45, 7) is 8.51. The molecule has 0 saturated carbocycles. The molecule has 1 heterocycles. The fourth-order valence-corrected chi connectivity index (χ4v) is 3.65. The molecule has 1 atom stereocenters. The van der Waals surface area contributed by atoms with E-state index >= 15 is 0 Å². The van der Waals surface area contributed by atoms with Gasteiger partial charge in [0.2, 0.25) is 0 Å². The van der Waals surface area contributed by atoms with Crippen molar-refractivity contribution in [2.45, 2.75) is 26.0 Å². The molecule has 1 aliphatic rings. The molecule has 3 rings (SSSR count). The smallest absolute Gasteiger partial charge is 0.251 e. The second kappa shape index (κ2) is 10.1.